The van der Waals surface area contributed by atoms with Gasteiger partial charge in [-0.15, -0.1) is 0 Å². The zero-order valence-corrected chi connectivity index (χ0v) is 19.6. The van der Waals surface area contributed by atoms with Crippen molar-refractivity contribution in [3.63, 3.8) is 0 Å². The number of nitrogens with one attached hydrogen (secondary N) is 2. The van der Waals surface area contributed by atoms with Crippen LogP contribution in [0.1, 0.15) is 17.2 Å². The van der Waals surface area contributed by atoms with Gasteiger partial charge in [0.2, 0.25) is 0 Å². The molecule has 10 nitrogen and oxygen atoms in total. The third-order valence-corrected chi connectivity index (χ3v) is 4.92. The van der Waals surface area contributed by atoms with Gasteiger partial charge in [0.25, 0.3) is 5.91 Å². The van der Waals surface area contributed by atoms with E-state index < -0.39 is 24.2 Å². The lowest BCUT2D eigenvalue weighted by molar-refractivity contribution is -0.124. The number of nitriles is 1. The summed E-state index contributed by atoms with van der Waals surface area (Å²) in [6, 6.07) is 23.6. The number of aliphatic hydroxyl groups is 1. The number of anilines is 1. The molecule has 0 heterocycles. The van der Waals surface area contributed by atoms with Gasteiger partial charge in [-0.1, -0.05) is 30.3 Å². The minimum absolute atomic E-state index is 0.116. The Hall–Kier alpha value is -4.85. The van der Waals surface area contributed by atoms with E-state index >= 15 is 0 Å². The Bertz CT molecular complexity index is 1220. The minimum Gasteiger partial charge on any atom is -0.491 e. The second-order valence-corrected chi connectivity index (χ2v) is 7.51. The van der Waals surface area contributed by atoms with Crippen LogP contribution in [0.25, 0.3) is 0 Å². The second-order valence-electron chi connectivity index (χ2n) is 7.51. The van der Waals surface area contributed by atoms with Crippen LogP contribution in [0.3, 0.4) is 0 Å². The summed E-state index contributed by atoms with van der Waals surface area (Å²) in [5.41, 5.74) is 2.87. The molecule has 0 saturated heterocycles. The number of benzene rings is 3. The summed E-state index contributed by atoms with van der Waals surface area (Å²) in [6.45, 7) is -0.0290. The SMILES string of the molecule is N#Cc1ccc(NC(=O)O[C@@H](c2ccc(OCCO)cc2)[C@H](/C=C/C(=O)NO)Oc2ccccc2)cc1. The maximum atomic E-state index is 12.9. The van der Waals surface area contributed by atoms with Crippen LogP contribution >= 0.6 is 0 Å². The van der Waals surface area contributed by atoms with E-state index in [-0.39, 0.29) is 13.2 Å². The molecule has 0 aliphatic heterocycles. The summed E-state index contributed by atoms with van der Waals surface area (Å²) in [6.07, 6.45) is -0.434. The van der Waals surface area contributed by atoms with E-state index in [0.29, 0.717) is 28.3 Å². The third kappa shape index (κ3) is 8.40. The van der Waals surface area contributed by atoms with Crippen molar-refractivity contribution >= 4 is 17.7 Å². The Kier molecular flexibility index (Phi) is 10.0. The van der Waals surface area contributed by atoms with Crippen molar-refractivity contribution in [3.8, 4) is 17.6 Å². The largest absolute Gasteiger partial charge is 0.491 e. The molecule has 2 amide bonds. The molecule has 3 aromatic rings. The van der Waals surface area contributed by atoms with Gasteiger partial charge in [0.05, 0.1) is 18.2 Å². The summed E-state index contributed by atoms with van der Waals surface area (Å²) < 4.78 is 17.2. The monoisotopic (exact) mass is 503 g/mol. The van der Waals surface area contributed by atoms with Crippen LogP contribution in [-0.2, 0) is 9.53 Å². The molecule has 2 atom stereocenters. The van der Waals surface area contributed by atoms with Gasteiger partial charge >= 0.3 is 6.09 Å². The first-order valence-electron chi connectivity index (χ1n) is 11.2. The predicted octanol–water partition coefficient (Wildman–Crippen LogP) is 3.73. The average molecular weight is 504 g/mol. The van der Waals surface area contributed by atoms with E-state index in [1.165, 1.54) is 11.6 Å². The highest BCUT2D eigenvalue weighted by molar-refractivity contribution is 5.86. The van der Waals surface area contributed by atoms with Crippen LogP contribution in [0, 0.1) is 11.3 Å². The Morgan fingerprint density at radius 1 is 0.973 bits per heavy atom. The van der Waals surface area contributed by atoms with Crippen LogP contribution in [-0.4, -0.2) is 41.6 Å². The number of hydroxylamine groups is 1. The maximum absolute atomic E-state index is 12.9. The lowest BCUT2D eigenvalue weighted by Crippen LogP contribution is -2.30. The van der Waals surface area contributed by atoms with E-state index in [2.05, 4.69) is 5.32 Å². The number of ether oxygens (including phenoxy) is 3. The topological polar surface area (TPSA) is 150 Å². The molecule has 0 saturated carbocycles. The Morgan fingerprint density at radius 2 is 1.68 bits per heavy atom. The third-order valence-electron chi connectivity index (χ3n) is 4.92. The summed E-state index contributed by atoms with van der Waals surface area (Å²) >= 11 is 0. The molecule has 0 aliphatic carbocycles. The fourth-order valence-corrected chi connectivity index (χ4v) is 3.21. The molecular formula is C27H25N3O7. The summed E-state index contributed by atoms with van der Waals surface area (Å²) in [5.74, 6) is 0.148. The number of amides is 2. The van der Waals surface area contributed by atoms with Gasteiger partial charge in [0, 0.05) is 11.8 Å². The lowest BCUT2D eigenvalue weighted by Gasteiger charge is -2.26. The number of carbonyl (C=O) groups is 2. The van der Waals surface area contributed by atoms with Crippen LogP contribution in [0.15, 0.2) is 91.0 Å². The summed E-state index contributed by atoms with van der Waals surface area (Å²) in [7, 11) is 0. The first kappa shape index (κ1) is 26.7. The highest BCUT2D eigenvalue weighted by atomic mass is 16.6. The van der Waals surface area contributed by atoms with Crippen LogP contribution < -0.4 is 20.3 Å². The molecule has 0 fully saturated rings. The van der Waals surface area contributed by atoms with E-state index in [9.17, 15) is 9.59 Å². The number of nitrogens with zero attached hydrogens (tertiary/aromatic N) is 1. The Balaban J connectivity index is 1.91. The Morgan fingerprint density at radius 3 is 2.30 bits per heavy atom. The number of hydrogen-bond donors (Lipinski definition) is 4. The van der Waals surface area contributed by atoms with Crippen LogP contribution in [0.4, 0.5) is 10.5 Å². The van der Waals surface area contributed by atoms with Gasteiger partial charge in [-0.05, 0) is 60.2 Å². The van der Waals surface area contributed by atoms with Crippen molar-refractivity contribution in [3.05, 3.63) is 102 Å². The first-order valence-corrected chi connectivity index (χ1v) is 11.2. The summed E-state index contributed by atoms with van der Waals surface area (Å²) in [4.78, 5) is 24.6. The van der Waals surface area contributed by atoms with Gasteiger partial charge in [-0.2, -0.15) is 5.26 Å². The zero-order valence-electron chi connectivity index (χ0n) is 19.6. The van der Waals surface area contributed by atoms with Gasteiger partial charge in [-0.25, -0.2) is 10.3 Å². The zero-order chi connectivity index (χ0) is 26.5. The molecule has 0 aromatic heterocycles. The molecule has 10 heteroatoms. The van der Waals surface area contributed by atoms with E-state index in [1.807, 2.05) is 6.07 Å². The molecule has 0 radical (unpaired) electrons. The standard InChI is InChI=1S/C27H25N3O7/c28-18-19-6-10-21(11-7-19)29-27(33)37-26(20-8-12-22(13-9-20)35-17-16-31)24(14-15-25(32)30-34)36-23-4-2-1-3-5-23/h1-15,24,26,31,34H,16-17H2,(H,29,33)(H,30,32)/b15-14+/t24-,26-/m0/s1. The molecule has 0 aliphatic rings. The maximum Gasteiger partial charge on any atom is 0.412 e. The number of carbonyl (C=O) groups excluding carboxylic acids is 2. The smallest absolute Gasteiger partial charge is 0.412 e. The molecule has 3 aromatic carbocycles. The van der Waals surface area contributed by atoms with Crippen molar-refractivity contribution < 1.29 is 34.1 Å². The normalized spacial score (nSPS) is 12.1. The van der Waals surface area contributed by atoms with Gasteiger partial charge in [-0.3, -0.25) is 15.3 Å². The first-order chi connectivity index (χ1) is 18.0. The predicted molar refractivity (Wildman–Crippen MR) is 133 cm³/mol. The molecule has 0 spiro atoms. The van der Waals surface area contributed by atoms with Crippen molar-refractivity contribution in [2.24, 2.45) is 0 Å². The van der Waals surface area contributed by atoms with E-state index in [1.54, 1.807) is 78.9 Å². The second kappa shape index (κ2) is 13.9. The average Bonchev–Trinajstić information content (AvgIpc) is 2.94. The minimum atomic E-state index is -1.05. The molecule has 190 valence electrons. The van der Waals surface area contributed by atoms with Gasteiger partial charge < -0.3 is 19.3 Å². The molecular weight excluding hydrogens is 478 g/mol. The van der Waals surface area contributed by atoms with Crippen molar-refractivity contribution in [1.29, 1.82) is 5.26 Å². The van der Waals surface area contributed by atoms with Crippen molar-refractivity contribution in [2.75, 3.05) is 18.5 Å². The van der Waals surface area contributed by atoms with E-state index in [0.717, 1.165) is 6.08 Å². The fourth-order valence-electron chi connectivity index (χ4n) is 3.21. The van der Waals surface area contributed by atoms with Gasteiger partial charge in [0.15, 0.2) is 12.2 Å². The van der Waals surface area contributed by atoms with Crippen LogP contribution in [0.5, 0.6) is 11.5 Å². The number of para-hydroxylation sites is 1. The molecule has 0 bridgehead atoms. The fraction of sp³-hybridized carbons (Fsp3) is 0.148. The summed E-state index contributed by atoms with van der Waals surface area (Å²) in [5, 5.41) is 29.4. The molecule has 0 unspecified atom stereocenters. The lowest BCUT2D eigenvalue weighted by atomic mass is 10.0. The molecule has 4 N–H and O–H groups in total. The van der Waals surface area contributed by atoms with Crippen molar-refractivity contribution in [2.45, 2.75) is 12.2 Å². The number of rotatable bonds is 11. The molecule has 3 rings (SSSR count). The number of aliphatic hydroxyl groups excluding tert-OH is 1. The Labute approximate surface area is 213 Å². The van der Waals surface area contributed by atoms with Gasteiger partial charge in [0.1, 0.15) is 18.1 Å². The highest BCUT2D eigenvalue weighted by Crippen LogP contribution is 2.29. The number of hydrogen-bond acceptors (Lipinski definition) is 8. The molecule has 37 heavy (non-hydrogen) atoms. The van der Waals surface area contributed by atoms with E-state index in [4.69, 9.17) is 29.8 Å². The highest BCUT2D eigenvalue weighted by Gasteiger charge is 2.28. The quantitative estimate of drug-likeness (QED) is 0.176. The van der Waals surface area contributed by atoms with Crippen LogP contribution in [0.2, 0.25) is 0 Å². The van der Waals surface area contributed by atoms with Crippen molar-refractivity contribution in [1.82, 2.24) is 5.48 Å².